The zero-order valence-corrected chi connectivity index (χ0v) is 8.45. The summed E-state index contributed by atoms with van der Waals surface area (Å²) < 4.78 is 0. The SMILES string of the molecule is OCCC1(CCO)CCC(O)(O)CC1. The molecule has 0 heterocycles. The Kier molecular flexibility index (Phi) is 3.89. The normalized spacial score (nSPS) is 24.9. The monoisotopic (exact) mass is 204 g/mol. The minimum Gasteiger partial charge on any atom is -0.396 e. The Bertz CT molecular complexity index is 161. The van der Waals surface area contributed by atoms with E-state index in [2.05, 4.69) is 0 Å². The number of rotatable bonds is 4. The highest BCUT2D eigenvalue weighted by Gasteiger charge is 2.39. The van der Waals surface area contributed by atoms with E-state index in [9.17, 15) is 10.2 Å². The molecule has 0 radical (unpaired) electrons. The maximum Gasteiger partial charge on any atom is 0.162 e. The van der Waals surface area contributed by atoms with E-state index in [1.54, 1.807) is 0 Å². The molecule has 4 nitrogen and oxygen atoms in total. The lowest BCUT2D eigenvalue weighted by Crippen LogP contribution is -2.39. The largest absolute Gasteiger partial charge is 0.396 e. The maximum atomic E-state index is 9.37. The van der Waals surface area contributed by atoms with Gasteiger partial charge in [0.15, 0.2) is 5.79 Å². The Morgan fingerprint density at radius 1 is 0.786 bits per heavy atom. The molecular formula is C10H20O4. The zero-order chi connectivity index (χ0) is 10.7. The minimum atomic E-state index is -1.53. The van der Waals surface area contributed by atoms with Gasteiger partial charge >= 0.3 is 0 Å². The van der Waals surface area contributed by atoms with Crippen molar-refractivity contribution in [2.24, 2.45) is 5.41 Å². The summed E-state index contributed by atoms with van der Waals surface area (Å²) in [6, 6.07) is 0. The summed E-state index contributed by atoms with van der Waals surface area (Å²) in [4.78, 5) is 0. The highest BCUT2D eigenvalue weighted by molar-refractivity contribution is 4.87. The molecule has 4 heteroatoms. The fourth-order valence-electron chi connectivity index (χ4n) is 2.28. The number of aliphatic hydroxyl groups is 4. The van der Waals surface area contributed by atoms with Gasteiger partial charge in [-0.05, 0) is 31.1 Å². The van der Waals surface area contributed by atoms with Crippen molar-refractivity contribution >= 4 is 0 Å². The summed E-state index contributed by atoms with van der Waals surface area (Å²) >= 11 is 0. The molecule has 0 spiro atoms. The Morgan fingerprint density at radius 3 is 1.57 bits per heavy atom. The van der Waals surface area contributed by atoms with Crippen LogP contribution in [-0.4, -0.2) is 39.4 Å². The van der Waals surface area contributed by atoms with E-state index in [1.807, 2.05) is 0 Å². The van der Waals surface area contributed by atoms with Gasteiger partial charge in [-0.3, -0.25) is 0 Å². The van der Waals surface area contributed by atoms with Crippen LogP contribution in [0.15, 0.2) is 0 Å². The van der Waals surface area contributed by atoms with E-state index in [4.69, 9.17) is 10.2 Å². The molecule has 0 unspecified atom stereocenters. The number of aliphatic hydroxyl groups excluding tert-OH is 2. The van der Waals surface area contributed by atoms with Crippen molar-refractivity contribution in [2.45, 2.75) is 44.3 Å². The lowest BCUT2D eigenvalue weighted by atomic mass is 9.68. The van der Waals surface area contributed by atoms with Crippen molar-refractivity contribution in [2.75, 3.05) is 13.2 Å². The van der Waals surface area contributed by atoms with E-state index in [1.165, 1.54) is 0 Å². The van der Waals surface area contributed by atoms with Gasteiger partial charge in [-0.15, -0.1) is 0 Å². The molecule has 0 bridgehead atoms. The van der Waals surface area contributed by atoms with Crippen LogP contribution in [0.5, 0.6) is 0 Å². The van der Waals surface area contributed by atoms with Gasteiger partial charge in [-0.2, -0.15) is 0 Å². The van der Waals surface area contributed by atoms with Gasteiger partial charge in [0.25, 0.3) is 0 Å². The predicted molar refractivity (Wildman–Crippen MR) is 51.5 cm³/mol. The molecule has 1 rings (SSSR count). The van der Waals surface area contributed by atoms with Crippen molar-refractivity contribution < 1.29 is 20.4 Å². The van der Waals surface area contributed by atoms with Crippen LogP contribution in [0.3, 0.4) is 0 Å². The van der Waals surface area contributed by atoms with E-state index < -0.39 is 5.79 Å². The highest BCUT2D eigenvalue weighted by atomic mass is 16.5. The van der Waals surface area contributed by atoms with Gasteiger partial charge in [0.2, 0.25) is 0 Å². The highest BCUT2D eigenvalue weighted by Crippen LogP contribution is 2.44. The van der Waals surface area contributed by atoms with Crippen LogP contribution < -0.4 is 0 Å². The molecule has 1 fully saturated rings. The summed E-state index contributed by atoms with van der Waals surface area (Å²) in [5.41, 5.74) is -0.0849. The Hall–Kier alpha value is -0.160. The fourth-order valence-corrected chi connectivity index (χ4v) is 2.28. The molecule has 1 saturated carbocycles. The molecule has 84 valence electrons. The maximum absolute atomic E-state index is 9.37. The van der Waals surface area contributed by atoms with Crippen molar-refractivity contribution in [1.82, 2.24) is 0 Å². The van der Waals surface area contributed by atoms with Crippen LogP contribution in [0.4, 0.5) is 0 Å². The van der Waals surface area contributed by atoms with E-state index in [0.29, 0.717) is 38.5 Å². The Labute approximate surface area is 84.2 Å². The summed E-state index contributed by atoms with van der Waals surface area (Å²) in [5, 5.41) is 36.6. The fraction of sp³-hybridized carbons (Fsp3) is 1.00. The smallest absolute Gasteiger partial charge is 0.162 e. The van der Waals surface area contributed by atoms with Gasteiger partial charge in [0.05, 0.1) is 0 Å². The van der Waals surface area contributed by atoms with Crippen LogP contribution in [-0.2, 0) is 0 Å². The second-order valence-electron chi connectivity index (χ2n) is 4.43. The third-order valence-electron chi connectivity index (χ3n) is 3.40. The van der Waals surface area contributed by atoms with Crippen LogP contribution >= 0.6 is 0 Å². The lowest BCUT2D eigenvalue weighted by Gasteiger charge is -2.41. The molecule has 0 aromatic heterocycles. The first-order chi connectivity index (χ1) is 6.54. The molecule has 4 N–H and O–H groups in total. The van der Waals surface area contributed by atoms with Crippen LogP contribution in [0.1, 0.15) is 38.5 Å². The quantitative estimate of drug-likeness (QED) is 0.486. The molecule has 0 aromatic carbocycles. The molecule has 14 heavy (non-hydrogen) atoms. The molecule has 0 aliphatic heterocycles. The van der Waals surface area contributed by atoms with Gasteiger partial charge in [-0.1, -0.05) is 0 Å². The third kappa shape index (κ3) is 2.92. The minimum absolute atomic E-state index is 0.0849. The zero-order valence-electron chi connectivity index (χ0n) is 8.45. The Balaban J connectivity index is 2.54. The first-order valence-electron chi connectivity index (χ1n) is 5.20. The molecular weight excluding hydrogens is 184 g/mol. The summed E-state index contributed by atoms with van der Waals surface area (Å²) in [6.07, 6.45) is 3.30. The molecule has 1 aliphatic carbocycles. The molecule has 0 aromatic rings. The number of hydrogen-bond donors (Lipinski definition) is 4. The van der Waals surface area contributed by atoms with Crippen molar-refractivity contribution in [1.29, 1.82) is 0 Å². The molecule has 0 saturated heterocycles. The van der Waals surface area contributed by atoms with Gasteiger partial charge in [0, 0.05) is 26.1 Å². The van der Waals surface area contributed by atoms with Crippen molar-refractivity contribution in [3.8, 4) is 0 Å². The standard InChI is InChI=1S/C10H20O4/c11-7-5-9(6-8-12)1-3-10(13,14)4-2-9/h11-14H,1-8H2. The average Bonchev–Trinajstić information content (AvgIpc) is 2.12. The summed E-state index contributed by atoms with van der Waals surface area (Å²) in [5.74, 6) is -1.53. The van der Waals surface area contributed by atoms with Crippen molar-refractivity contribution in [3.63, 3.8) is 0 Å². The third-order valence-corrected chi connectivity index (χ3v) is 3.40. The van der Waals surface area contributed by atoms with Crippen LogP contribution in [0.2, 0.25) is 0 Å². The van der Waals surface area contributed by atoms with Gasteiger partial charge < -0.3 is 20.4 Å². The van der Waals surface area contributed by atoms with E-state index in [0.717, 1.165) is 0 Å². The van der Waals surface area contributed by atoms with E-state index >= 15 is 0 Å². The first-order valence-corrected chi connectivity index (χ1v) is 5.20. The van der Waals surface area contributed by atoms with Crippen LogP contribution in [0.25, 0.3) is 0 Å². The molecule has 1 aliphatic rings. The molecule has 0 atom stereocenters. The Morgan fingerprint density at radius 2 is 1.21 bits per heavy atom. The second-order valence-corrected chi connectivity index (χ2v) is 4.43. The average molecular weight is 204 g/mol. The predicted octanol–water partition coefficient (Wildman–Crippen LogP) is -0.00750. The molecule has 0 amide bonds. The van der Waals surface area contributed by atoms with E-state index in [-0.39, 0.29) is 18.6 Å². The van der Waals surface area contributed by atoms with Crippen molar-refractivity contribution in [3.05, 3.63) is 0 Å². The van der Waals surface area contributed by atoms with Gasteiger partial charge in [-0.25, -0.2) is 0 Å². The summed E-state index contributed by atoms with van der Waals surface area (Å²) in [7, 11) is 0. The second kappa shape index (κ2) is 4.57. The first kappa shape index (κ1) is 11.9. The van der Waals surface area contributed by atoms with Crippen LogP contribution in [0, 0.1) is 5.41 Å². The summed E-state index contributed by atoms with van der Waals surface area (Å²) in [6.45, 7) is 0.202. The lowest BCUT2D eigenvalue weighted by molar-refractivity contribution is -0.198. The van der Waals surface area contributed by atoms with Gasteiger partial charge in [0.1, 0.15) is 0 Å². The topological polar surface area (TPSA) is 80.9 Å². The number of hydrogen-bond acceptors (Lipinski definition) is 4.